The van der Waals surface area contributed by atoms with Crippen molar-refractivity contribution >= 4 is 30.1 Å². The highest BCUT2D eigenvalue weighted by Gasteiger charge is 2.25. The van der Waals surface area contributed by atoms with Gasteiger partial charge in [0.05, 0.1) is 6.20 Å². The predicted octanol–water partition coefficient (Wildman–Crippen LogP) is 5.78. The molecule has 1 aliphatic rings. The molecule has 0 spiro atoms. The molecule has 0 saturated carbocycles. The number of nitrogens with zero attached hydrogens (tertiary/aromatic N) is 2. The van der Waals surface area contributed by atoms with Crippen LogP contribution in [0.1, 0.15) is 18.4 Å². The molecule has 4 rings (SSSR count). The van der Waals surface area contributed by atoms with E-state index in [0.717, 1.165) is 29.9 Å². The average molecular weight is 475 g/mol. The Balaban J connectivity index is 0.00000289. The van der Waals surface area contributed by atoms with Crippen molar-refractivity contribution in [2.24, 2.45) is 0 Å². The summed E-state index contributed by atoms with van der Waals surface area (Å²) < 4.78 is 17.2. The second-order valence-corrected chi connectivity index (χ2v) is 7.69. The van der Waals surface area contributed by atoms with Crippen molar-refractivity contribution in [2.75, 3.05) is 13.1 Å². The zero-order valence-electron chi connectivity index (χ0n) is 17.4. The van der Waals surface area contributed by atoms with Gasteiger partial charge in [-0.3, -0.25) is 4.98 Å². The van der Waals surface area contributed by atoms with Crippen LogP contribution in [0.3, 0.4) is 0 Å². The van der Waals surface area contributed by atoms with Gasteiger partial charge in [0.25, 0.3) is 0 Å². The molecule has 2 heterocycles. The summed E-state index contributed by atoms with van der Waals surface area (Å²) >= 11 is 6.00. The first kappa shape index (κ1) is 23.7. The van der Waals surface area contributed by atoms with E-state index in [-0.39, 0.29) is 24.6 Å². The quantitative estimate of drug-likeness (QED) is 0.453. The first-order chi connectivity index (χ1) is 15.2. The first-order valence-electron chi connectivity index (χ1n) is 10.2. The minimum absolute atomic E-state index is 0. The molecule has 1 aliphatic heterocycles. The molecule has 0 bridgehead atoms. The fraction of sp³-hybridized carbons (Fsp3) is 0.250. The number of ether oxygens (including phenoxy) is 3. The van der Waals surface area contributed by atoms with Crippen LogP contribution in [0, 0.1) is 0 Å². The highest BCUT2D eigenvalue weighted by molar-refractivity contribution is 6.30. The molecule has 8 heteroatoms. The van der Waals surface area contributed by atoms with Gasteiger partial charge >= 0.3 is 6.09 Å². The minimum atomic E-state index is -0.354. The molecular formula is C24H24Cl2N2O4. The Morgan fingerprint density at radius 2 is 1.75 bits per heavy atom. The number of likely N-dealkylation sites (tertiary alicyclic amines) is 1. The van der Waals surface area contributed by atoms with E-state index < -0.39 is 0 Å². The lowest BCUT2D eigenvalue weighted by Gasteiger charge is -2.31. The summed E-state index contributed by atoms with van der Waals surface area (Å²) in [5.74, 6) is 2.00. The molecular weight excluding hydrogens is 451 g/mol. The summed E-state index contributed by atoms with van der Waals surface area (Å²) in [7, 11) is 0. The summed E-state index contributed by atoms with van der Waals surface area (Å²) in [6.07, 6.45) is 4.35. The van der Waals surface area contributed by atoms with Crippen molar-refractivity contribution < 1.29 is 19.0 Å². The third kappa shape index (κ3) is 6.77. The highest BCUT2D eigenvalue weighted by Crippen LogP contribution is 2.23. The fourth-order valence-corrected chi connectivity index (χ4v) is 3.54. The number of halogens is 2. The van der Waals surface area contributed by atoms with Gasteiger partial charge in [0.1, 0.15) is 24.2 Å². The van der Waals surface area contributed by atoms with Crippen LogP contribution < -0.4 is 14.2 Å². The van der Waals surface area contributed by atoms with Crippen LogP contribution in [0.4, 0.5) is 4.79 Å². The normalized spacial score (nSPS) is 13.7. The van der Waals surface area contributed by atoms with E-state index >= 15 is 0 Å². The van der Waals surface area contributed by atoms with E-state index in [1.807, 2.05) is 48.5 Å². The van der Waals surface area contributed by atoms with Crippen LogP contribution in [0.2, 0.25) is 5.02 Å². The third-order valence-corrected chi connectivity index (χ3v) is 5.20. The maximum Gasteiger partial charge on any atom is 0.415 e. The number of rotatable bonds is 6. The molecule has 1 saturated heterocycles. The lowest BCUT2D eigenvalue weighted by molar-refractivity contribution is 0.0929. The average Bonchev–Trinajstić information content (AvgIpc) is 2.80. The molecule has 0 unspecified atom stereocenters. The van der Waals surface area contributed by atoms with Gasteiger partial charge in [0.15, 0.2) is 5.75 Å². The fourth-order valence-electron chi connectivity index (χ4n) is 3.33. The van der Waals surface area contributed by atoms with Gasteiger partial charge < -0.3 is 19.1 Å². The van der Waals surface area contributed by atoms with Crippen LogP contribution in [-0.4, -0.2) is 35.2 Å². The van der Waals surface area contributed by atoms with Crippen LogP contribution in [0.15, 0.2) is 73.1 Å². The number of aromatic nitrogens is 1. The molecule has 2 aromatic carbocycles. The Bertz CT molecular complexity index is 994. The smallest absolute Gasteiger partial charge is 0.415 e. The van der Waals surface area contributed by atoms with Crippen molar-refractivity contribution in [1.82, 2.24) is 9.88 Å². The molecule has 32 heavy (non-hydrogen) atoms. The maximum atomic E-state index is 12.3. The Morgan fingerprint density at radius 1 is 1.00 bits per heavy atom. The number of pyridine rings is 1. The van der Waals surface area contributed by atoms with Crippen LogP contribution in [0.5, 0.6) is 17.2 Å². The molecule has 1 amide bonds. The Kier molecular flexibility index (Phi) is 8.59. The monoisotopic (exact) mass is 474 g/mol. The van der Waals surface area contributed by atoms with Gasteiger partial charge in [-0.15, -0.1) is 12.4 Å². The second kappa shape index (κ2) is 11.6. The summed E-state index contributed by atoms with van der Waals surface area (Å²) in [5, 5.41) is 0.696. The maximum absolute atomic E-state index is 12.3. The second-order valence-electron chi connectivity index (χ2n) is 7.25. The molecule has 3 aromatic rings. The van der Waals surface area contributed by atoms with Crippen LogP contribution in [0.25, 0.3) is 0 Å². The summed E-state index contributed by atoms with van der Waals surface area (Å²) in [5.41, 5.74) is 1.02. The summed E-state index contributed by atoms with van der Waals surface area (Å²) in [6, 6.07) is 18.6. The number of piperidine rings is 1. The Morgan fingerprint density at radius 3 is 2.44 bits per heavy atom. The molecule has 168 valence electrons. The third-order valence-electron chi connectivity index (χ3n) is 4.96. The molecule has 6 nitrogen and oxygen atoms in total. The predicted molar refractivity (Wildman–Crippen MR) is 125 cm³/mol. The number of carbonyl (C=O) groups is 1. The van der Waals surface area contributed by atoms with E-state index in [9.17, 15) is 4.79 Å². The van der Waals surface area contributed by atoms with Crippen molar-refractivity contribution in [3.63, 3.8) is 0 Å². The van der Waals surface area contributed by atoms with Crippen LogP contribution in [-0.2, 0) is 6.61 Å². The van der Waals surface area contributed by atoms with Gasteiger partial charge in [0, 0.05) is 37.2 Å². The number of amides is 1. The Labute approximate surface area is 198 Å². The van der Waals surface area contributed by atoms with Gasteiger partial charge in [-0.25, -0.2) is 4.79 Å². The van der Waals surface area contributed by atoms with Crippen molar-refractivity contribution in [3.05, 3.63) is 83.6 Å². The molecule has 0 radical (unpaired) electrons. The Hall–Kier alpha value is -2.96. The topological polar surface area (TPSA) is 60.9 Å². The number of hydrogen-bond acceptors (Lipinski definition) is 5. The summed E-state index contributed by atoms with van der Waals surface area (Å²) in [4.78, 5) is 17.9. The van der Waals surface area contributed by atoms with E-state index in [4.69, 9.17) is 25.8 Å². The number of hydrogen-bond donors (Lipinski definition) is 0. The lowest BCUT2D eigenvalue weighted by atomic mass is 10.1. The highest BCUT2D eigenvalue weighted by atomic mass is 35.5. The lowest BCUT2D eigenvalue weighted by Crippen LogP contribution is -2.43. The zero-order valence-corrected chi connectivity index (χ0v) is 18.9. The first-order valence-corrected chi connectivity index (χ1v) is 10.5. The van der Waals surface area contributed by atoms with E-state index in [1.54, 1.807) is 23.2 Å². The SMILES string of the molecule is Cl.O=C(Oc1cccnc1)N1CCC(Oc2ccc(OCc3cccc(Cl)c3)cc2)CC1. The molecule has 0 N–H and O–H groups in total. The summed E-state index contributed by atoms with van der Waals surface area (Å²) in [6.45, 7) is 1.63. The van der Waals surface area contributed by atoms with Crippen molar-refractivity contribution in [2.45, 2.75) is 25.6 Å². The number of carbonyl (C=O) groups excluding carboxylic acids is 1. The minimum Gasteiger partial charge on any atom is -0.490 e. The molecule has 1 aromatic heterocycles. The zero-order chi connectivity index (χ0) is 21.5. The van der Waals surface area contributed by atoms with Gasteiger partial charge in [-0.1, -0.05) is 23.7 Å². The van der Waals surface area contributed by atoms with Crippen molar-refractivity contribution in [1.29, 1.82) is 0 Å². The van der Waals surface area contributed by atoms with E-state index in [2.05, 4.69) is 4.98 Å². The van der Waals surface area contributed by atoms with E-state index in [1.165, 1.54) is 6.20 Å². The number of benzene rings is 2. The molecule has 0 aliphatic carbocycles. The van der Waals surface area contributed by atoms with E-state index in [0.29, 0.717) is 30.5 Å². The van der Waals surface area contributed by atoms with Crippen molar-refractivity contribution in [3.8, 4) is 17.2 Å². The van der Waals surface area contributed by atoms with Crippen LogP contribution >= 0.6 is 24.0 Å². The molecule has 1 fully saturated rings. The van der Waals surface area contributed by atoms with Gasteiger partial charge in [0.2, 0.25) is 0 Å². The largest absolute Gasteiger partial charge is 0.490 e. The van der Waals surface area contributed by atoms with Gasteiger partial charge in [-0.05, 0) is 54.1 Å². The van der Waals surface area contributed by atoms with Gasteiger partial charge in [-0.2, -0.15) is 0 Å². The standard InChI is InChI=1S/C24H23ClN2O4.ClH/c25-19-4-1-3-18(15-19)17-29-20-6-8-21(9-7-20)30-22-10-13-27(14-11-22)24(28)31-23-5-2-12-26-16-23;/h1-9,12,15-16,22H,10-11,13-14,17H2;1H. The molecule has 0 atom stereocenters.